The number of aromatic nitrogens is 2. The maximum absolute atomic E-state index is 12.5. The summed E-state index contributed by atoms with van der Waals surface area (Å²) < 4.78 is 0. The van der Waals surface area contributed by atoms with Gasteiger partial charge in [0, 0.05) is 35.8 Å². The fourth-order valence-electron chi connectivity index (χ4n) is 3.77. The number of nitrogens with zero attached hydrogens (tertiary/aromatic N) is 3. The first-order chi connectivity index (χ1) is 15.2. The molecule has 4 rings (SSSR count). The first-order valence-corrected chi connectivity index (χ1v) is 10.9. The molecule has 0 saturated carbocycles. The monoisotopic (exact) mass is 415 g/mol. The molecule has 1 aliphatic heterocycles. The van der Waals surface area contributed by atoms with Gasteiger partial charge >= 0.3 is 0 Å². The smallest absolute Gasteiger partial charge is 0.251 e. The van der Waals surface area contributed by atoms with Crippen LogP contribution in [-0.4, -0.2) is 47.0 Å². The van der Waals surface area contributed by atoms with Crippen molar-refractivity contribution >= 4 is 17.5 Å². The lowest BCUT2D eigenvalue weighted by Gasteiger charge is -2.14. The van der Waals surface area contributed by atoms with E-state index in [9.17, 15) is 4.79 Å². The molecule has 1 amide bonds. The molecule has 6 nitrogen and oxygen atoms in total. The van der Waals surface area contributed by atoms with E-state index in [0.717, 1.165) is 29.8 Å². The van der Waals surface area contributed by atoms with Gasteiger partial charge in [0.05, 0.1) is 0 Å². The summed E-state index contributed by atoms with van der Waals surface area (Å²) in [5, 5.41) is 6.20. The molecule has 0 bridgehead atoms. The summed E-state index contributed by atoms with van der Waals surface area (Å²) in [7, 11) is 0. The van der Waals surface area contributed by atoms with Gasteiger partial charge in [-0.3, -0.25) is 4.79 Å². The topological polar surface area (TPSA) is 70.2 Å². The van der Waals surface area contributed by atoms with Crippen molar-refractivity contribution in [2.24, 2.45) is 0 Å². The Kier molecular flexibility index (Phi) is 6.89. The van der Waals surface area contributed by atoms with Crippen LogP contribution in [-0.2, 0) is 0 Å². The molecule has 3 aromatic rings. The molecule has 2 N–H and O–H groups in total. The summed E-state index contributed by atoms with van der Waals surface area (Å²) in [4.78, 5) is 23.8. The van der Waals surface area contributed by atoms with Crippen molar-refractivity contribution in [1.82, 2.24) is 20.2 Å². The number of carbonyl (C=O) groups excluding carboxylic acids is 1. The number of anilines is 2. The highest BCUT2D eigenvalue weighted by molar-refractivity contribution is 5.95. The van der Waals surface area contributed by atoms with Crippen LogP contribution < -0.4 is 10.6 Å². The van der Waals surface area contributed by atoms with Gasteiger partial charge in [-0.2, -0.15) is 0 Å². The predicted molar refractivity (Wildman–Crippen MR) is 125 cm³/mol. The number of likely N-dealkylation sites (tertiary alicyclic amines) is 1. The highest BCUT2D eigenvalue weighted by atomic mass is 16.1. The number of benzene rings is 2. The minimum absolute atomic E-state index is 0.0549. The first-order valence-electron chi connectivity index (χ1n) is 10.9. The number of hydrogen-bond donors (Lipinski definition) is 2. The van der Waals surface area contributed by atoms with Crippen LogP contribution in [0.2, 0.25) is 0 Å². The molecule has 0 atom stereocenters. The molecule has 1 aliphatic rings. The molecule has 0 aliphatic carbocycles. The number of carbonyl (C=O) groups is 1. The van der Waals surface area contributed by atoms with E-state index < -0.39 is 0 Å². The molecule has 1 aromatic heterocycles. The Morgan fingerprint density at radius 1 is 1.00 bits per heavy atom. The molecule has 0 radical (unpaired) electrons. The van der Waals surface area contributed by atoms with Crippen LogP contribution >= 0.6 is 0 Å². The van der Waals surface area contributed by atoms with Gasteiger partial charge in [-0.1, -0.05) is 35.9 Å². The Balaban J connectivity index is 1.31. The van der Waals surface area contributed by atoms with E-state index in [1.54, 1.807) is 12.4 Å². The summed E-state index contributed by atoms with van der Waals surface area (Å²) in [5.74, 6) is 0.444. The van der Waals surface area contributed by atoms with Gasteiger partial charge in [0.1, 0.15) is 0 Å². The van der Waals surface area contributed by atoms with Crippen LogP contribution in [0.25, 0.3) is 11.1 Å². The van der Waals surface area contributed by atoms with E-state index in [1.807, 2.05) is 24.3 Å². The van der Waals surface area contributed by atoms with Crippen LogP contribution in [0.4, 0.5) is 11.6 Å². The normalized spacial score (nSPS) is 13.8. The maximum atomic E-state index is 12.5. The SMILES string of the molecule is Cc1ccc(-c2cnc(Nc3cccc(C(=O)NCCCN4CCCC4)c3)nc2)cc1. The third-order valence-electron chi connectivity index (χ3n) is 5.55. The fourth-order valence-corrected chi connectivity index (χ4v) is 3.77. The molecular weight excluding hydrogens is 386 g/mol. The minimum Gasteiger partial charge on any atom is -0.352 e. The highest BCUT2D eigenvalue weighted by Crippen LogP contribution is 2.20. The zero-order valence-corrected chi connectivity index (χ0v) is 18.0. The Bertz CT molecular complexity index is 995. The summed E-state index contributed by atoms with van der Waals surface area (Å²) in [6.45, 7) is 6.19. The third-order valence-corrected chi connectivity index (χ3v) is 5.55. The number of hydrogen-bond acceptors (Lipinski definition) is 5. The molecule has 2 aromatic carbocycles. The predicted octanol–water partition coefficient (Wildman–Crippen LogP) is 4.41. The van der Waals surface area contributed by atoms with Crippen molar-refractivity contribution in [3.8, 4) is 11.1 Å². The molecule has 31 heavy (non-hydrogen) atoms. The summed E-state index contributed by atoms with van der Waals surface area (Å²) in [6.07, 6.45) is 7.17. The largest absolute Gasteiger partial charge is 0.352 e. The number of rotatable bonds is 8. The van der Waals surface area contributed by atoms with Crippen LogP contribution in [0.3, 0.4) is 0 Å². The fraction of sp³-hybridized carbons (Fsp3) is 0.320. The second-order valence-electron chi connectivity index (χ2n) is 8.03. The lowest BCUT2D eigenvalue weighted by atomic mass is 10.1. The van der Waals surface area contributed by atoms with E-state index in [-0.39, 0.29) is 5.91 Å². The van der Waals surface area contributed by atoms with Gasteiger partial charge in [-0.05, 0) is 69.6 Å². The van der Waals surface area contributed by atoms with Crippen LogP contribution in [0.5, 0.6) is 0 Å². The van der Waals surface area contributed by atoms with Gasteiger partial charge in [0.2, 0.25) is 5.95 Å². The number of nitrogens with one attached hydrogen (secondary N) is 2. The second-order valence-corrected chi connectivity index (χ2v) is 8.03. The zero-order chi connectivity index (χ0) is 21.5. The molecule has 160 valence electrons. The van der Waals surface area contributed by atoms with Gasteiger partial charge in [0.15, 0.2) is 0 Å². The van der Waals surface area contributed by atoms with Crippen molar-refractivity contribution in [2.45, 2.75) is 26.2 Å². The lowest BCUT2D eigenvalue weighted by molar-refractivity contribution is 0.0952. The molecule has 0 spiro atoms. The van der Waals surface area contributed by atoms with E-state index in [2.05, 4.69) is 56.7 Å². The van der Waals surface area contributed by atoms with Crippen molar-refractivity contribution in [3.05, 3.63) is 72.1 Å². The standard InChI is InChI=1S/C25H29N5O/c1-19-8-10-20(11-9-19)22-17-27-25(28-18-22)29-23-7-4-6-21(16-23)24(31)26-12-5-15-30-13-2-3-14-30/h4,6-11,16-18H,2-3,5,12-15H2,1H3,(H,26,31)(H,27,28,29). The summed E-state index contributed by atoms with van der Waals surface area (Å²) in [5.41, 5.74) is 4.68. The minimum atomic E-state index is -0.0549. The average molecular weight is 416 g/mol. The van der Waals surface area contributed by atoms with Crippen molar-refractivity contribution < 1.29 is 4.79 Å². The molecule has 0 unspecified atom stereocenters. The summed E-state index contributed by atoms with van der Waals surface area (Å²) in [6, 6.07) is 15.7. The zero-order valence-electron chi connectivity index (χ0n) is 18.0. The highest BCUT2D eigenvalue weighted by Gasteiger charge is 2.11. The second kappa shape index (κ2) is 10.2. The Hall–Kier alpha value is -3.25. The third kappa shape index (κ3) is 5.89. The van der Waals surface area contributed by atoms with E-state index >= 15 is 0 Å². The lowest BCUT2D eigenvalue weighted by Crippen LogP contribution is -2.28. The molecule has 6 heteroatoms. The van der Waals surface area contributed by atoms with Gasteiger partial charge < -0.3 is 15.5 Å². The van der Waals surface area contributed by atoms with Crippen molar-refractivity contribution in [3.63, 3.8) is 0 Å². The molecule has 1 fully saturated rings. The van der Waals surface area contributed by atoms with Crippen molar-refractivity contribution in [2.75, 3.05) is 31.5 Å². The van der Waals surface area contributed by atoms with Crippen LogP contribution in [0, 0.1) is 6.92 Å². The quantitative estimate of drug-likeness (QED) is 0.533. The molecule has 1 saturated heterocycles. The Labute approximate surface area is 183 Å². The Morgan fingerprint density at radius 3 is 2.48 bits per heavy atom. The van der Waals surface area contributed by atoms with Gasteiger partial charge in [0.25, 0.3) is 5.91 Å². The maximum Gasteiger partial charge on any atom is 0.251 e. The average Bonchev–Trinajstić information content (AvgIpc) is 3.32. The summed E-state index contributed by atoms with van der Waals surface area (Å²) >= 11 is 0. The van der Waals surface area contributed by atoms with Gasteiger partial charge in [-0.25, -0.2) is 9.97 Å². The first kappa shape index (κ1) is 21.0. The molecule has 2 heterocycles. The number of aryl methyl sites for hydroxylation is 1. The number of amides is 1. The van der Waals surface area contributed by atoms with Crippen molar-refractivity contribution in [1.29, 1.82) is 0 Å². The van der Waals surface area contributed by atoms with Gasteiger partial charge in [-0.15, -0.1) is 0 Å². The molecular formula is C25H29N5O. The van der Waals surface area contributed by atoms with Crippen LogP contribution in [0.1, 0.15) is 35.2 Å². The van der Waals surface area contributed by atoms with E-state index in [0.29, 0.717) is 18.1 Å². The Morgan fingerprint density at radius 2 is 1.74 bits per heavy atom. The van der Waals surface area contributed by atoms with E-state index in [1.165, 1.54) is 31.5 Å². The van der Waals surface area contributed by atoms with Crippen LogP contribution in [0.15, 0.2) is 60.9 Å². The van der Waals surface area contributed by atoms with E-state index in [4.69, 9.17) is 0 Å².